The molecule has 0 amide bonds. The molecule has 0 aromatic heterocycles. The van der Waals surface area contributed by atoms with Gasteiger partial charge in [0, 0.05) is 11.8 Å². The second-order valence-corrected chi connectivity index (χ2v) is 5.70. The highest BCUT2D eigenvalue weighted by Gasteiger charge is 2.03. The van der Waals surface area contributed by atoms with Crippen molar-refractivity contribution in [1.82, 2.24) is 5.32 Å². The molecule has 2 heteroatoms. The summed E-state index contributed by atoms with van der Waals surface area (Å²) in [6, 6.07) is 11.3. The Balaban J connectivity index is 2.11. The maximum atomic E-state index is 3.48. The summed E-state index contributed by atoms with van der Waals surface area (Å²) in [5.74, 6) is 3.11. The molecule has 0 radical (unpaired) electrons. The SMILES string of the molecule is CC(CNC(C)C)CSCc1ccccc1. The van der Waals surface area contributed by atoms with Crippen molar-refractivity contribution in [2.75, 3.05) is 12.3 Å². The predicted molar refractivity (Wildman–Crippen MR) is 74.9 cm³/mol. The van der Waals surface area contributed by atoms with Crippen molar-refractivity contribution < 1.29 is 0 Å². The maximum Gasteiger partial charge on any atom is 0.0184 e. The van der Waals surface area contributed by atoms with Crippen LogP contribution in [0.5, 0.6) is 0 Å². The van der Waals surface area contributed by atoms with Gasteiger partial charge < -0.3 is 5.32 Å². The Kier molecular flexibility index (Phi) is 6.58. The lowest BCUT2D eigenvalue weighted by molar-refractivity contribution is 0.510. The normalized spacial score (nSPS) is 13.0. The standard InChI is InChI=1S/C14H23NS/c1-12(2)15-9-13(3)10-16-11-14-7-5-4-6-8-14/h4-8,12-13,15H,9-11H2,1-3H3. The van der Waals surface area contributed by atoms with Crippen LogP contribution in [0.4, 0.5) is 0 Å². The van der Waals surface area contributed by atoms with Gasteiger partial charge in [-0.3, -0.25) is 0 Å². The van der Waals surface area contributed by atoms with E-state index in [1.54, 1.807) is 0 Å². The largest absolute Gasteiger partial charge is 0.314 e. The molecule has 0 aliphatic rings. The van der Waals surface area contributed by atoms with E-state index < -0.39 is 0 Å². The molecular weight excluding hydrogens is 214 g/mol. The van der Waals surface area contributed by atoms with Crippen LogP contribution in [0, 0.1) is 5.92 Å². The minimum Gasteiger partial charge on any atom is -0.314 e. The van der Waals surface area contributed by atoms with Crippen LogP contribution >= 0.6 is 11.8 Å². The Morgan fingerprint density at radius 1 is 1.12 bits per heavy atom. The second kappa shape index (κ2) is 7.75. The fraction of sp³-hybridized carbons (Fsp3) is 0.571. The summed E-state index contributed by atoms with van der Waals surface area (Å²) in [4.78, 5) is 0. The molecule has 0 aliphatic carbocycles. The number of hydrogen-bond acceptors (Lipinski definition) is 2. The van der Waals surface area contributed by atoms with Crippen LogP contribution in [0.15, 0.2) is 30.3 Å². The Morgan fingerprint density at radius 2 is 1.81 bits per heavy atom. The van der Waals surface area contributed by atoms with Gasteiger partial charge in [-0.25, -0.2) is 0 Å². The van der Waals surface area contributed by atoms with Gasteiger partial charge in [-0.15, -0.1) is 0 Å². The van der Waals surface area contributed by atoms with E-state index in [1.807, 2.05) is 11.8 Å². The van der Waals surface area contributed by atoms with Crippen molar-refractivity contribution in [1.29, 1.82) is 0 Å². The summed E-state index contributed by atoms with van der Waals surface area (Å²) in [5.41, 5.74) is 1.43. The maximum absolute atomic E-state index is 3.48. The highest BCUT2D eigenvalue weighted by molar-refractivity contribution is 7.98. The molecule has 90 valence electrons. The lowest BCUT2D eigenvalue weighted by atomic mass is 10.2. The molecule has 1 nitrogen and oxygen atoms in total. The average molecular weight is 237 g/mol. The molecule has 1 aromatic carbocycles. The first kappa shape index (κ1) is 13.6. The Labute approximate surface area is 104 Å². The molecule has 1 atom stereocenters. The van der Waals surface area contributed by atoms with Crippen molar-refractivity contribution in [2.45, 2.75) is 32.6 Å². The zero-order valence-corrected chi connectivity index (χ0v) is 11.4. The van der Waals surface area contributed by atoms with Crippen LogP contribution in [0.1, 0.15) is 26.3 Å². The molecule has 1 unspecified atom stereocenters. The zero-order chi connectivity index (χ0) is 11.8. The van der Waals surface area contributed by atoms with Crippen molar-refractivity contribution >= 4 is 11.8 Å². The summed E-state index contributed by atoms with van der Waals surface area (Å²) in [7, 11) is 0. The van der Waals surface area contributed by atoms with E-state index >= 15 is 0 Å². The van der Waals surface area contributed by atoms with Gasteiger partial charge in [0.1, 0.15) is 0 Å². The third kappa shape index (κ3) is 6.19. The first-order chi connectivity index (χ1) is 7.68. The lowest BCUT2D eigenvalue weighted by Crippen LogP contribution is -2.28. The van der Waals surface area contributed by atoms with Gasteiger partial charge in [0.15, 0.2) is 0 Å². The summed E-state index contributed by atoms with van der Waals surface area (Å²) in [5, 5.41) is 3.48. The second-order valence-electron chi connectivity index (χ2n) is 4.67. The van der Waals surface area contributed by atoms with Gasteiger partial charge in [-0.1, -0.05) is 51.1 Å². The monoisotopic (exact) mass is 237 g/mol. The number of rotatable bonds is 7. The van der Waals surface area contributed by atoms with Gasteiger partial charge in [0.2, 0.25) is 0 Å². The first-order valence-corrected chi connectivity index (χ1v) is 7.19. The van der Waals surface area contributed by atoms with Crippen LogP contribution in [0.2, 0.25) is 0 Å². The molecule has 0 heterocycles. The van der Waals surface area contributed by atoms with E-state index in [9.17, 15) is 0 Å². The lowest BCUT2D eigenvalue weighted by Gasteiger charge is -2.14. The van der Waals surface area contributed by atoms with Crippen molar-refractivity contribution in [3.05, 3.63) is 35.9 Å². The molecule has 1 N–H and O–H groups in total. The van der Waals surface area contributed by atoms with Crippen LogP contribution < -0.4 is 5.32 Å². The summed E-state index contributed by atoms with van der Waals surface area (Å²) < 4.78 is 0. The Hall–Kier alpha value is -0.470. The van der Waals surface area contributed by atoms with Gasteiger partial charge in [-0.2, -0.15) is 11.8 Å². The molecule has 1 rings (SSSR count). The quantitative estimate of drug-likeness (QED) is 0.778. The molecule has 0 saturated carbocycles. The number of thioether (sulfide) groups is 1. The van der Waals surface area contributed by atoms with Crippen molar-refractivity contribution in [2.24, 2.45) is 5.92 Å². The van der Waals surface area contributed by atoms with Crippen LogP contribution in [0.3, 0.4) is 0 Å². The predicted octanol–water partition coefficient (Wildman–Crippen LogP) is 3.55. The number of benzene rings is 1. The van der Waals surface area contributed by atoms with Gasteiger partial charge in [-0.05, 0) is 23.8 Å². The number of hydrogen-bond donors (Lipinski definition) is 1. The minimum absolute atomic E-state index is 0.599. The van der Waals surface area contributed by atoms with E-state index in [1.165, 1.54) is 11.3 Å². The molecule has 0 spiro atoms. The molecule has 0 bridgehead atoms. The molecule has 0 fully saturated rings. The molecule has 0 aliphatic heterocycles. The van der Waals surface area contributed by atoms with Crippen LogP contribution in [0.25, 0.3) is 0 Å². The summed E-state index contributed by atoms with van der Waals surface area (Å²) in [6.45, 7) is 7.83. The third-order valence-corrected chi connectivity index (χ3v) is 3.73. The third-order valence-electron chi connectivity index (χ3n) is 2.39. The van der Waals surface area contributed by atoms with Gasteiger partial charge >= 0.3 is 0 Å². The summed E-state index contributed by atoms with van der Waals surface area (Å²) >= 11 is 2.03. The Bertz CT molecular complexity index is 271. The van der Waals surface area contributed by atoms with Gasteiger partial charge in [0.25, 0.3) is 0 Å². The van der Waals surface area contributed by atoms with Gasteiger partial charge in [0.05, 0.1) is 0 Å². The highest BCUT2D eigenvalue weighted by Crippen LogP contribution is 2.14. The first-order valence-electron chi connectivity index (χ1n) is 6.03. The van der Waals surface area contributed by atoms with E-state index in [4.69, 9.17) is 0 Å². The smallest absolute Gasteiger partial charge is 0.0184 e. The van der Waals surface area contributed by atoms with E-state index in [0.717, 1.165) is 18.2 Å². The highest BCUT2D eigenvalue weighted by atomic mass is 32.2. The van der Waals surface area contributed by atoms with Crippen molar-refractivity contribution in [3.63, 3.8) is 0 Å². The fourth-order valence-electron chi connectivity index (χ4n) is 1.45. The van der Waals surface area contributed by atoms with E-state index in [2.05, 4.69) is 56.4 Å². The van der Waals surface area contributed by atoms with Crippen molar-refractivity contribution in [3.8, 4) is 0 Å². The molecule has 0 saturated heterocycles. The Morgan fingerprint density at radius 3 is 2.44 bits per heavy atom. The molecule has 16 heavy (non-hydrogen) atoms. The number of nitrogens with one attached hydrogen (secondary N) is 1. The topological polar surface area (TPSA) is 12.0 Å². The molecule has 1 aromatic rings. The van der Waals surface area contributed by atoms with Crippen LogP contribution in [-0.2, 0) is 5.75 Å². The van der Waals surface area contributed by atoms with E-state index in [-0.39, 0.29) is 0 Å². The van der Waals surface area contributed by atoms with E-state index in [0.29, 0.717) is 6.04 Å². The fourth-order valence-corrected chi connectivity index (χ4v) is 2.51. The summed E-state index contributed by atoms with van der Waals surface area (Å²) in [6.07, 6.45) is 0. The minimum atomic E-state index is 0.599. The zero-order valence-electron chi connectivity index (χ0n) is 10.6. The van der Waals surface area contributed by atoms with Crippen LogP contribution in [-0.4, -0.2) is 18.3 Å². The molecular formula is C14H23NS. The average Bonchev–Trinajstić information content (AvgIpc) is 2.28.